The van der Waals surface area contributed by atoms with Crippen LogP contribution in [0.15, 0.2) is 40.6 Å². The summed E-state index contributed by atoms with van der Waals surface area (Å²) in [6.07, 6.45) is 0. The summed E-state index contributed by atoms with van der Waals surface area (Å²) < 4.78 is 34.0. The maximum Gasteiger partial charge on any atom is 0.267 e. The molecule has 35 heavy (non-hydrogen) atoms. The van der Waals surface area contributed by atoms with Crippen LogP contribution in [0, 0.1) is 27.7 Å². The van der Waals surface area contributed by atoms with Gasteiger partial charge in [0.2, 0.25) is 0 Å². The third kappa shape index (κ3) is 5.33. The average molecular weight is 534 g/mol. The van der Waals surface area contributed by atoms with E-state index in [1.54, 1.807) is 23.6 Å². The molecule has 7 nitrogen and oxygen atoms in total. The predicted octanol–water partition coefficient (Wildman–Crippen LogP) is 5.52. The number of ether oxygens (including phenoxy) is 1. The molecule has 10 heteroatoms. The third-order valence-electron chi connectivity index (χ3n) is 5.99. The Hall–Kier alpha value is -2.59. The fraction of sp³-hybridized carbons (Fsp3) is 0.320. The van der Waals surface area contributed by atoms with E-state index in [1.165, 1.54) is 17.4 Å². The fourth-order valence-electron chi connectivity index (χ4n) is 4.40. The summed E-state index contributed by atoms with van der Waals surface area (Å²) in [7, 11) is -3.98. The van der Waals surface area contributed by atoms with Crippen LogP contribution in [-0.4, -0.2) is 40.6 Å². The number of rotatable bonds is 6. The Morgan fingerprint density at radius 2 is 1.77 bits per heavy atom. The van der Waals surface area contributed by atoms with Gasteiger partial charge in [0.05, 0.1) is 23.9 Å². The highest BCUT2D eigenvalue weighted by atomic mass is 35.5. The molecule has 1 aromatic heterocycles. The molecular formula is C25H28ClN3O4S2. The molecule has 2 heterocycles. The normalized spacial score (nSPS) is 14.1. The molecule has 0 bridgehead atoms. The van der Waals surface area contributed by atoms with Crippen LogP contribution in [0.5, 0.6) is 0 Å². The third-order valence-corrected chi connectivity index (χ3v) is 8.75. The molecule has 2 aromatic carbocycles. The monoisotopic (exact) mass is 533 g/mol. The number of benzene rings is 2. The van der Waals surface area contributed by atoms with Crippen molar-refractivity contribution in [2.75, 3.05) is 41.2 Å². The minimum atomic E-state index is -3.98. The van der Waals surface area contributed by atoms with Gasteiger partial charge in [-0.15, -0.1) is 11.3 Å². The lowest BCUT2D eigenvalue weighted by Crippen LogP contribution is -2.37. The van der Waals surface area contributed by atoms with Gasteiger partial charge in [-0.25, -0.2) is 8.42 Å². The van der Waals surface area contributed by atoms with Crippen molar-refractivity contribution in [2.24, 2.45) is 0 Å². The molecule has 3 aromatic rings. The van der Waals surface area contributed by atoms with Gasteiger partial charge in [0.1, 0.15) is 9.77 Å². The molecule has 0 saturated carbocycles. The number of halogens is 1. The van der Waals surface area contributed by atoms with Gasteiger partial charge in [0.15, 0.2) is 0 Å². The van der Waals surface area contributed by atoms with Crippen LogP contribution in [0.3, 0.4) is 0 Å². The number of carbonyl (C=O) groups is 1. The summed E-state index contributed by atoms with van der Waals surface area (Å²) in [6.45, 7) is 10.8. The maximum absolute atomic E-state index is 13.3. The molecule has 0 atom stereocenters. The summed E-state index contributed by atoms with van der Waals surface area (Å²) in [4.78, 5) is 15.8. The first-order chi connectivity index (χ1) is 16.6. The van der Waals surface area contributed by atoms with E-state index < -0.39 is 10.0 Å². The summed E-state index contributed by atoms with van der Waals surface area (Å²) in [5.74, 6) is -0.379. The van der Waals surface area contributed by atoms with Crippen LogP contribution < -0.4 is 14.9 Å². The Morgan fingerprint density at radius 1 is 1.06 bits per heavy atom. The molecule has 4 rings (SSSR count). The van der Waals surface area contributed by atoms with Gasteiger partial charge in [0.25, 0.3) is 15.9 Å². The van der Waals surface area contributed by atoms with Crippen molar-refractivity contribution < 1.29 is 17.9 Å². The van der Waals surface area contributed by atoms with Crippen molar-refractivity contribution in [3.8, 4) is 0 Å². The number of amides is 1. The quantitative estimate of drug-likeness (QED) is 0.435. The smallest absolute Gasteiger partial charge is 0.267 e. The Labute approximate surface area is 215 Å². The van der Waals surface area contributed by atoms with E-state index in [0.717, 1.165) is 46.7 Å². The number of anilines is 3. The summed E-state index contributed by atoms with van der Waals surface area (Å²) in [5, 5.41) is 4.83. The standard InChI is InChI=1S/C25H28ClN3O4S2/c1-15-5-6-21(19(26)13-15)35(31,32)28-20-7-12-34-24(20)25(30)27-22-16(2)14-17(3)23(18(22)4)29-8-10-33-11-9-29/h5-7,12-14,28H,8-11H2,1-4H3,(H,27,30). The second-order valence-electron chi connectivity index (χ2n) is 8.62. The lowest BCUT2D eigenvalue weighted by Gasteiger charge is -2.32. The number of nitrogens with one attached hydrogen (secondary N) is 2. The van der Waals surface area contributed by atoms with Crippen molar-refractivity contribution in [1.29, 1.82) is 0 Å². The van der Waals surface area contributed by atoms with E-state index in [0.29, 0.717) is 13.2 Å². The highest BCUT2D eigenvalue weighted by Gasteiger charge is 2.24. The molecule has 0 spiro atoms. The van der Waals surface area contributed by atoms with Gasteiger partial charge >= 0.3 is 0 Å². The number of hydrogen-bond donors (Lipinski definition) is 2. The fourth-order valence-corrected chi connectivity index (χ4v) is 6.88. The van der Waals surface area contributed by atoms with E-state index in [-0.39, 0.29) is 26.4 Å². The van der Waals surface area contributed by atoms with Crippen LogP contribution in [0.4, 0.5) is 17.1 Å². The first kappa shape index (κ1) is 25.5. The number of sulfonamides is 1. The number of morpholine rings is 1. The van der Waals surface area contributed by atoms with E-state index in [4.69, 9.17) is 16.3 Å². The molecule has 0 radical (unpaired) electrons. The molecule has 186 valence electrons. The van der Waals surface area contributed by atoms with Gasteiger partial charge < -0.3 is 15.0 Å². The minimum Gasteiger partial charge on any atom is -0.378 e. The minimum absolute atomic E-state index is 0.0392. The molecule has 1 amide bonds. The van der Waals surface area contributed by atoms with Crippen LogP contribution in [-0.2, 0) is 14.8 Å². The zero-order valence-electron chi connectivity index (χ0n) is 20.1. The zero-order chi connectivity index (χ0) is 25.3. The van der Waals surface area contributed by atoms with Gasteiger partial charge in [-0.2, -0.15) is 0 Å². The predicted molar refractivity (Wildman–Crippen MR) is 143 cm³/mol. The SMILES string of the molecule is Cc1ccc(S(=O)(=O)Nc2ccsc2C(=O)Nc2c(C)cc(C)c(N3CCOCC3)c2C)c(Cl)c1. The molecular weight excluding hydrogens is 506 g/mol. The first-order valence-electron chi connectivity index (χ1n) is 11.2. The second kappa shape index (κ2) is 10.2. The number of nitrogens with zero attached hydrogens (tertiary/aromatic N) is 1. The number of carbonyl (C=O) groups excluding carboxylic acids is 1. The molecule has 1 aliphatic heterocycles. The molecule has 1 saturated heterocycles. The first-order valence-corrected chi connectivity index (χ1v) is 13.9. The van der Waals surface area contributed by atoms with E-state index >= 15 is 0 Å². The van der Waals surface area contributed by atoms with E-state index in [2.05, 4.69) is 27.9 Å². The lowest BCUT2D eigenvalue weighted by atomic mass is 10.0. The summed E-state index contributed by atoms with van der Waals surface area (Å²) in [5.41, 5.74) is 5.93. The van der Waals surface area contributed by atoms with Crippen molar-refractivity contribution in [2.45, 2.75) is 32.6 Å². The Morgan fingerprint density at radius 3 is 2.46 bits per heavy atom. The molecule has 0 unspecified atom stereocenters. The second-order valence-corrected chi connectivity index (χ2v) is 11.6. The van der Waals surface area contributed by atoms with Crippen LogP contribution >= 0.6 is 22.9 Å². The Kier molecular flexibility index (Phi) is 7.42. The number of thiophene rings is 1. The highest BCUT2D eigenvalue weighted by molar-refractivity contribution is 7.92. The molecule has 2 N–H and O–H groups in total. The van der Waals surface area contributed by atoms with E-state index in [9.17, 15) is 13.2 Å². The topological polar surface area (TPSA) is 87.7 Å². The summed E-state index contributed by atoms with van der Waals surface area (Å²) >= 11 is 7.35. The largest absolute Gasteiger partial charge is 0.378 e. The maximum atomic E-state index is 13.3. The molecule has 1 aliphatic rings. The van der Waals surface area contributed by atoms with Crippen LogP contribution in [0.25, 0.3) is 0 Å². The van der Waals surface area contributed by atoms with Gasteiger partial charge in [-0.1, -0.05) is 23.7 Å². The highest BCUT2D eigenvalue weighted by Crippen LogP contribution is 2.35. The Balaban J connectivity index is 1.61. The molecule has 1 fully saturated rings. The number of aryl methyl sites for hydroxylation is 3. The lowest BCUT2D eigenvalue weighted by molar-refractivity contribution is 0.103. The van der Waals surface area contributed by atoms with E-state index in [1.807, 2.05) is 20.8 Å². The molecule has 0 aliphatic carbocycles. The Bertz CT molecular complexity index is 1380. The average Bonchev–Trinajstić information content (AvgIpc) is 3.24. The number of hydrogen-bond acceptors (Lipinski definition) is 6. The van der Waals surface area contributed by atoms with Crippen molar-refractivity contribution >= 4 is 55.9 Å². The van der Waals surface area contributed by atoms with Gasteiger partial charge in [0, 0.05) is 24.5 Å². The van der Waals surface area contributed by atoms with Gasteiger partial charge in [-0.3, -0.25) is 9.52 Å². The van der Waals surface area contributed by atoms with Crippen molar-refractivity contribution in [3.63, 3.8) is 0 Å². The van der Waals surface area contributed by atoms with Crippen LogP contribution in [0.1, 0.15) is 31.9 Å². The van der Waals surface area contributed by atoms with Crippen molar-refractivity contribution in [1.82, 2.24) is 0 Å². The van der Waals surface area contributed by atoms with Crippen LogP contribution in [0.2, 0.25) is 5.02 Å². The van der Waals surface area contributed by atoms with Crippen molar-refractivity contribution in [3.05, 3.63) is 67.9 Å². The summed E-state index contributed by atoms with van der Waals surface area (Å²) in [6, 6.07) is 8.36. The zero-order valence-corrected chi connectivity index (χ0v) is 22.5. The van der Waals surface area contributed by atoms with Gasteiger partial charge in [-0.05, 0) is 73.5 Å².